The number of hydrogen-bond acceptors (Lipinski definition) is 2. The van der Waals surface area contributed by atoms with Crippen LogP contribution >= 0.6 is 23.2 Å². The predicted molar refractivity (Wildman–Crippen MR) is 76.9 cm³/mol. The average Bonchev–Trinajstić information content (AvgIpc) is 2.71. The molecule has 0 aliphatic carbocycles. The second-order valence-corrected chi connectivity index (χ2v) is 4.93. The zero-order valence-electron chi connectivity index (χ0n) is 10.6. The van der Waals surface area contributed by atoms with Crippen molar-refractivity contribution in [1.82, 2.24) is 4.98 Å². The number of aromatic amines is 1. The summed E-state index contributed by atoms with van der Waals surface area (Å²) in [4.78, 5) is 15.1. The minimum Gasteiger partial charge on any atom is -0.462 e. The zero-order valence-corrected chi connectivity index (χ0v) is 12.1. The molecule has 19 heavy (non-hydrogen) atoms. The van der Waals surface area contributed by atoms with Gasteiger partial charge in [-0.05, 0) is 38.1 Å². The van der Waals surface area contributed by atoms with Crippen molar-refractivity contribution < 1.29 is 9.53 Å². The van der Waals surface area contributed by atoms with Gasteiger partial charge in [0.05, 0.1) is 22.9 Å². The number of ether oxygens (including phenoxy) is 1. The van der Waals surface area contributed by atoms with Gasteiger partial charge in [-0.15, -0.1) is 0 Å². The molecule has 0 unspecified atom stereocenters. The van der Waals surface area contributed by atoms with E-state index < -0.39 is 0 Å². The van der Waals surface area contributed by atoms with E-state index >= 15 is 0 Å². The van der Waals surface area contributed by atoms with E-state index in [-0.39, 0.29) is 5.97 Å². The van der Waals surface area contributed by atoms with Crippen LogP contribution in [0.1, 0.15) is 23.0 Å². The normalized spacial score (nSPS) is 10.5. The van der Waals surface area contributed by atoms with E-state index in [0.717, 1.165) is 11.3 Å². The number of nitrogens with one attached hydrogen (secondary N) is 1. The molecule has 0 atom stereocenters. The summed E-state index contributed by atoms with van der Waals surface area (Å²) in [5, 5.41) is 1.04. The van der Waals surface area contributed by atoms with E-state index in [1.165, 1.54) is 0 Å². The minimum absolute atomic E-state index is 0.330. The first-order valence-corrected chi connectivity index (χ1v) is 6.60. The fourth-order valence-electron chi connectivity index (χ4n) is 1.86. The van der Waals surface area contributed by atoms with Crippen LogP contribution in [0.5, 0.6) is 0 Å². The second-order valence-electron chi connectivity index (χ2n) is 4.09. The highest BCUT2D eigenvalue weighted by Crippen LogP contribution is 2.32. The molecule has 1 N–H and O–H groups in total. The van der Waals surface area contributed by atoms with Crippen molar-refractivity contribution in [3.63, 3.8) is 0 Å². The van der Waals surface area contributed by atoms with Gasteiger partial charge in [0, 0.05) is 16.3 Å². The number of H-pyrrole nitrogens is 1. The number of aryl methyl sites for hydroxylation is 1. The van der Waals surface area contributed by atoms with Gasteiger partial charge in [0.2, 0.25) is 0 Å². The Morgan fingerprint density at radius 3 is 2.68 bits per heavy atom. The van der Waals surface area contributed by atoms with Crippen LogP contribution in [0.3, 0.4) is 0 Å². The molecule has 0 radical (unpaired) electrons. The third kappa shape index (κ3) is 2.94. The molecular formula is C14H13Cl2NO2. The number of aromatic nitrogens is 1. The lowest BCUT2D eigenvalue weighted by atomic mass is 10.1. The molecular weight excluding hydrogens is 285 g/mol. The largest absolute Gasteiger partial charge is 0.462 e. The molecule has 0 fully saturated rings. The fraction of sp³-hybridized carbons (Fsp3) is 0.214. The molecule has 1 aromatic carbocycles. The molecule has 0 spiro atoms. The third-order valence-electron chi connectivity index (χ3n) is 2.65. The number of carbonyl (C=O) groups is 1. The highest BCUT2D eigenvalue weighted by Gasteiger charge is 2.18. The third-order valence-corrected chi connectivity index (χ3v) is 3.20. The first-order valence-electron chi connectivity index (χ1n) is 5.85. The van der Waals surface area contributed by atoms with Crippen LogP contribution in [0.2, 0.25) is 10.0 Å². The van der Waals surface area contributed by atoms with Crippen molar-refractivity contribution in [2.24, 2.45) is 0 Å². The SMILES string of the molecule is CCOC(=O)c1cc(C)[nH]c1-c1ccc(Cl)cc1Cl. The first-order chi connectivity index (χ1) is 9.02. The van der Waals surface area contributed by atoms with Crippen LogP contribution in [0.15, 0.2) is 24.3 Å². The molecule has 2 rings (SSSR count). The van der Waals surface area contributed by atoms with Gasteiger partial charge in [-0.25, -0.2) is 4.79 Å². The molecule has 1 aromatic heterocycles. The van der Waals surface area contributed by atoms with Crippen molar-refractivity contribution in [3.8, 4) is 11.3 Å². The maximum absolute atomic E-state index is 11.9. The van der Waals surface area contributed by atoms with E-state index in [9.17, 15) is 4.79 Å². The maximum Gasteiger partial charge on any atom is 0.340 e. The number of rotatable bonds is 3. The Kier molecular flexibility index (Phi) is 4.17. The fourth-order valence-corrected chi connectivity index (χ4v) is 2.37. The highest BCUT2D eigenvalue weighted by atomic mass is 35.5. The Balaban J connectivity index is 2.52. The molecule has 0 saturated heterocycles. The average molecular weight is 298 g/mol. The smallest absolute Gasteiger partial charge is 0.340 e. The van der Waals surface area contributed by atoms with Crippen LogP contribution in [0, 0.1) is 6.92 Å². The Labute approximate surface area is 121 Å². The molecule has 100 valence electrons. The molecule has 1 heterocycles. The molecule has 3 nitrogen and oxygen atoms in total. The number of carbonyl (C=O) groups excluding carboxylic acids is 1. The van der Waals surface area contributed by atoms with Crippen molar-refractivity contribution >= 4 is 29.2 Å². The monoisotopic (exact) mass is 297 g/mol. The van der Waals surface area contributed by atoms with E-state index in [2.05, 4.69) is 4.98 Å². The Morgan fingerprint density at radius 1 is 1.32 bits per heavy atom. The van der Waals surface area contributed by atoms with Gasteiger partial charge < -0.3 is 9.72 Å². The Morgan fingerprint density at radius 2 is 2.05 bits per heavy atom. The van der Waals surface area contributed by atoms with Gasteiger partial charge >= 0.3 is 5.97 Å². The highest BCUT2D eigenvalue weighted by molar-refractivity contribution is 6.36. The molecule has 0 aliphatic heterocycles. The number of benzene rings is 1. The van der Waals surface area contributed by atoms with Crippen LogP contribution in [-0.2, 0) is 4.74 Å². The molecule has 0 aliphatic rings. The van der Waals surface area contributed by atoms with Crippen LogP contribution in [0.25, 0.3) is 11.3 Å². The topological polar surface area (TPSA) is 42.1 Å². The molecule has 0 bridgehead atoms. The summed E-state index contributed by atoms with van der Waals surface area (Å²) in [6.07, 6.45) is 0. The van der Waals surface area contributed by atoms with Gasteiger partial charge in [0.25, 0.3) is 0 Å². The summed E-state index contributed by atoms with van der Waals surface area (Å²) in [6, 6.07) is 6.90. The minimum atomic E-state index is -0.368. The van der Waals surface area contributed by atoms with Gasteiger partial charge in [0.15, 0.2) is 0 Å². The van der Waals surface area contributed by atoms with Crippen LogP contribution in [0.4, 0.5) is 0 Å². The first kappa shape index (κ1) is 14.0. The maximum atomic E-state index is 11.9. The molecule has 0 saturated carbocycles. The standard InChI is InChI=1S/C14H13Cl2NO2/c1-3-19-14(18)11-6-8(2)17-13(11)10-5-4-9(15)7-12(10)16/h4-7,17H,3H2,1-2H3. The van der Waals surface area contributed by atoms with E-state index in [4.69, 9.17) is 27.9 Å². The number of halogens is 2. The quantitative estimate of drug-likeness (QED) is 0.849. The number of hydrogen-bond donors (Lipinski definition) is 1. The zero-order chi connectivity index (χ0) is 14.0. The van der Waals surface area contributed by atoms with E-state index in [0.29, 0.717) is 27.9 Å². The lowest BCUT2D eigenvalue weighted by molar-refractivity contribution is 0.0527. The van der Waals surface area contributed by atoms with Crippen molar-refractivity contribution in [2.45, 2.75) is 13.8 Å². The van der Waals surface area contributed by atoms with Crippen LogP contribution in [-0.4, -0.2) is 17.6 Å². The second kappa shape index (κ2) is 5.68. The van der Waals surface area contributed by atoms with Gasteiger partial charge in [-0.2, -0.15) is 0 Å². The van der Waals surface area contributed by atoms with Crippen molar-refractivity contribution in [1.29, 1.82) is 0 Å². The molecule has 5 heteroatoms. The van der Waals surface area contributed by atoms with Gasteiger partial charge in [-0.1, -0.05) is 23.2 Å². The predicted octanol–water partition coefficient (Wildman–Crippen LogP) is 4.47. The molecule has 2 aromatic rings. The summed E-state index contributed by atoms with van der Waals surface area (Å²) >= 11 is 12.0. The van der Waals surface area contributed by atoms with E-state index in [1.807, 2.05) is 6.92 Å². The Hall–Kier alpha value is -1.45. The summed E-state index contributed by atoms with van der Waals surface area (Å²) in [5.74, 6) is -0.368. The van der Waals surface area contributed by atoms with Gasteiger partial charge in [0.1, 0.15) is 0 Å². The van der Waals surface area contributed by atoms with E-state index in [1.54, 1.807) is 31.2 Å². The van der Waals surface area contributed by atoms with Crippen molar-refractivity contribution in [2.75, 3.05) is 6.61 Å². The lowest BCUT2D eigenvalue weighted by Crippen LogP contribution is -2.05. The lowest BCUT2D eigenvalue weighted by Gasteiger charge is -2.06. The Bertz CT molecular complexity index is 620. The summed E-state index contributed by atoms with van der Waals surface area (Å²) < 4.78 is 5.04. The van der Waals surface area contributed by atoms with Crippen molar-refractivity contribution in [3.05, 3.63) is 45.6 Å². The number of esters is 1. The molecule has 0 amide bonds. The summed E-state index contributed by atoms with van der Waals surface area (Å²) in [5.41, 5.74) is 2.72. The van der Waals surface area contributed by atoms with Gasteiger partial charge in [-0.3, -0.25) is 0 Å². The summed E-state index contributed by atoms with van der Waals surface area (Å²) in [7, 11) is 0. The summed E-state index contributed by atoms with van der Waals surface area (Å²) in [6.45, 7) is 3.97. The van der Waals surface area contributed by atoms with Crippen LogP contribution < -0.4 is 0 Å².